The maximum atomic E-state index is 10.5. The van der Waals surface area contributed by atoms with Gasteiger partial charge in [0.2, 0.25) is 5.91 Å². The zero-order chi connectivity index (χ0) is 9.84. The van der Waals surface area contributed by atoms with E-state index in [1.807, 2.05) is 18.2 Å². The van der Waals surface area contributed by atoms with E-state index in [1.165, 1.54) is 0 Å². The molecule has 0 aliphatic carbocycles. The summed E-state index contributed by atoms with van der Waals surface area (Å²) in [5, 5.41) is 2.84. The third kappa shape index (κ3) is 3.10. The number of rotatable bonds is 3. The SMILES string of the molecule is NC(=O)CNc1ccc(I)cc1N. The first-order valence-electron chi connectivity index (χ1n) is 3.67. The van der Waals surface area contributed by atoms with Crippen LogP contribution in [0.4, 0.5) is 11.4 Å². The van der Waals surface area contributed by atoms with Crippen LogP contribution in [0.3, 0.4) is 0 Å². The van der Waals surface area contributed by atoms with Crippen molar-refractivity contribution in [2.75, 3.05) is 17.6 Å². The van der Waals surface area contributed by atoms with E-state index in [-0.39, 0.29) is 6.54 Å². The first-order valence-corrected chi connectivity index (χ1v) is 4.74. The molecule has 1 aromatic carbocycles. The van der Waals surface area contributed by atoms with Crippen molar-refractivity contribution in [1.29, 1.82) is 0 Å². The number of primary amides is 1. The van der Waals surface area contributed by atoms with E-state index in [9.17, 15) is 4.79 Å². The Bertz CT molecular complexity index is 327. The molecule has 0 aliphatic rings. The summed E-state index contributed by atoms with van der Waals surface area (Å²) in [5.74, 6) is -0.405. The summed E-state index contributed by atoms with van der Waals surface area (Å²) in [6.45, 7) is 0.102. The maximum Gasteiger partial charge on any atom is 0.236 e. The van der Waals surface area contributed by atoms with Gasteiger partial charge in [0.15, 0.2) is 0 Å². The summed E-state index contributed by atoms with van der Waals surface area (Å²) in [6.07, 6.45) is 0. The molecule has 1 amide bonds. The lowest BCUT2D eigenvalue weighted by Crippen LogP contribution is -2.22. The molecule has 0 fully saturated rings. The third-order valence-corrected chi connectivity index (χ3v) is 2.14. The van der Waals surface area contributed by atoms with Gasteiger partial charge in [-0.05, 0) is 40.8 Å². The van der Waals surface area contributed by atoms with Crippen molar-refractivity contribution in [2.45, 2.75) is 0 Å². The number of benzene rings is 1. The number of hydrogen-bond acceptors (Lipinski definition) is 3. The van der Waals surface area contributed by atoms with Crippen LogP contribution in [0.25, 0.3) is 0 Å². The van der Waals surface area contributed by atoms with Crippen LogP contribution in [-0.2, 0) is 4.79 Å². The summed E-state index contributed by atoms with van der Waals surface area (Å²) >= 11 is 2.16. The van der Waals surface area contributed by atoms with Gasteiger partial charge in [-0.25, -0.2) is 0 Å². The number of halogens is 1. The molecule has 0 aliphatic heterocycles. The highest BCUT2D eigenvalue weighted by Gasteiger charge is 1.99. The van der Waals surface area contributed by atoms with Crippen LogP contribution < -0.4 is 16.8 Å². The third-order valence-electron chi connectivity index (χ3n) is 1.47. The Morgan fingerprint density at radius 2 is 2.23 bits per heavy atom. The number of nitrogens with one attached hydrogen (secondary N) is 1. The molecule has 5 N–H and O–H groups in total. The highest BCUT2D eigenvalue weighted by atomic mass is 127. The van der Waals surface area contributed by atoms with Gasteiger partial charge >= 0.3 is 0 Å². The minimum absolute atomic E-state index is 0.102. The number of carbonyl (C=O) groups is 1. The Morgan fingerprint density at radius 3 is 2.77 bits per heavy atom. The van der Waals surface area contributed by atoms with E-state index in [1.54, 1.807) is 0 Å². The number of nitrogen functional groups attached to an aromatic ring is 1. The second kappa shape index (κ2) is 4.31. The molecule has 0 bridgehead atoms. The highest BCUT2D eigenvalue weighted by molar-refractivity contribution is 14.1. The van der Waals surface area contributed by atoms with Gasteiger partial charge in [0, 0.05) is 3.57 Å². The fourth-order valence-electron chi connectivity index (χ4n) is 0.877. The number of anilines is 2. The molecule has 0 radical (unpaired) electrons. The van der Waals surface area contributed by atoms with Gasteiger partial charge in [0.05, 0.1) is 17.9 Å². The average molecular weight is 291 g/mol. The molecule has 1 rings (SSSR count). The molecule has 13 heavy (non-hydrogen) atoms. The van der Waals surface area contributed by atoms with Gasteiger partial charge in [0.25, 0.3) is 0 Å². The lowest BCUT2D eigenvalue weighted by atomic mass is 10.3. The summed E-state index contributed by atoms with van der Waals surface area (Å²) < 4.78 is 1.06. The topological polar surface area (TPSA) is 81.1 Å². The van der Waals surface area contributed by atoms with Gasteiger partial charge in [-0.1, -0.05) is 0 Å². The molecule has 70 valence electrons. The summed E-state index contributed by atoms with van der Waals surface area (Å²) in [7, 11) is 0. The van der Waals surface area contributed by atoms with Crippen molar-refractivity contribution in [3.63, 3.8) is 0 Å². The Labute approximate surface area is 89.8 Å². The van der Waals surface area contributed by atoms with Crippen molar-refractivity contribution < 1.29 is 4.79 Å². The number of amides is 1. The van der Waals surface area contributed by atoms with E-state index in [0.717, 1.165) is 9.26 Å². The van der Waals surface area contributed by atoms with Gasteiger partial charge in [-0.2, -0.15) is 0 Å². The Balaban J connectivity index is 2.72. The molecule has 0 atom stereocenters. The largest absolute Gasteiger partial charge is 0.397 e. The van der Waals surface area contributed by atoms with E-state index >= 15 is 0 Å². The minimum atomic E-state index is -0.405. The van der Waals surface area contributed by atoms with Gasteiger partial charge in [-0.3, -0.25) is 4.79 Å². The van der Waals surface area contributed by atoms with Crippen molar-refractivity contribution in [1.82, 2.24) is 0 Å². The summed E-state index contributed by atoms with van der Waals surface area (Å²) in [6, 6.07) is 5.55. The van der Waals surface area contributed by atoms with Crippen molar-refractivity contribution in [3.8, 4) is 0 Å². The fourth-order valence-corrected chi connectivity index (χ4v) is 1.39. The summed E-state index contributed by atoms with van der Waals surface area (Å²) in [4.78, 5) is 10.5. The Hall–Kier alpha value is -0.980. The second-order valence-corrected chi connectivity index (χ2v) is 3.80. The van der Waals surface area contributed by atoms with E-state index < -0.39 is 5.91 Å². The summed E-state index contributed by atoms with van der Waals surface area (Å²) in [5.41, 5.74) is 12.0. The number of hydrogen-bond donors (Lipinski definition) is 3. The number of carbonyl (C=O) groups excluding carboxylic acids is 1. The minimum Gasteiger partial charge on any atom is -0.397 e. The fraction of sp³-hybridized carbons (Fsp3) is 0.125. The van der Waals surface area contributed by atoms with Crippen molar-refractivity contribution in [2.24, 2.45) is 5.73 Å². The van der Waals surface area contributed by atoms with Crippen LogP contribution in [0, 0.1) is 3.57 Å². The van der Waals surface area contributed by atoms with Crippen LogP contribution >= 0.6 is 22.6 Å². The molecule has 0 spiro atoms. The highest BCUT2D eigenvalue weighted by Crippen LogP contribution is 2.20. The van der Waals surface area contributed by atoms with Crippen molar-refractivity contribution >= 4 is 39.9 Å². The van der Waals surface area contributed by atoms with Crippen LogP contribution in [-0.4, -0.2) is 12.5 Å². The molecule has 0 unspecified atom stereocenters. The molecule has 1 aromatic rings. The van der Waals surface area contributed by atoms with E-state index in [2.05, 4.69) is 27.9 Å². The molecule has 0 heterocycles. The normalized spacial score (nSPS) is 9.62. The molecule has 4 nitrogen and oxygen atoms in total. The van der Waals surface area contributed by atoms with Gasteiger partial charge in [-0.15, -0.1) is 0 Å². The van der Waals surface area contributed by atoms with Crippen LogP contribution in [0.15, 0.2) is 18.2 Å². The zero-order valence-corrected chi connectivity index (χ0v) is 9.04. The predicted molar refractivity (Wildman–Crippen MR) is 61.3 cm³/mol. The molecular formula is C8H10IN3O. The maximum absolute atomic E-state index is 10.5. The smallest absolute Gasteiger partial charge is 0.236 e. The average Bonchev–Trinajstić information content (AvgIpc) is 2.02. The molecular weight excluding hydrogens is 281 g/mol. The van der Waals surface area contributed by atoms with Gasteiger partial charge in [0.1, 0.15) is 0 Å². The quantitative estimate of drug-likeness (QED) is 0.568. The van der Waals surface area contributed by atoms with E-state index in [4.69, 9.17) is 11.5 Å². The Morgan fingerprint density at radius 1 is 1.54 bits per heavy atom. The van der Waals surface area contributed by atoms with Crippen LogP contribution in [0.5, 0.6) is 0 Å². The van der Waals surface area contributed by atoms with E-state index in [0.29, 0.717) is 5.69 Å². The lowest BCUT2D eigenvalue weighted by Gasteiger charge is -2.07. The molecule has 5 heteroatoms. The molecule has 0 saturated heterocycles. The lowest BCUT2D eigenvalue weighted by molar-refractivity contribution is -0.116. The van der Waals surface area contributed by atoms with Crippen molar-refractivity contribution in [3.05, 3.63) is 21.8 Å². The first-order chi connectivity index (χ1) is 6.09. The number of nitrogens with two attached hydrogens (primary N) is 2. The predicted octanol–water partition coefficient (Wildman–Crippen LogP) is 0.771. The van der Waals surface area contributed by atoms with Gasteiger partial charge < -0.3 is 16.8 Å². The zero-order valence-electron chi connectivity index (χ0n) is 6.88. The Kier molecular flexibility index (Phi) is 3.35. The first kappa shape index (κ1) is 10.1. The standard InChI is InChI=1S/C8H10IN3O/c9-5-1-2-7(6(10)3-5)12-4-8(11)13/h1-3,12H,4,10H2,(H2,11,13). The monoisotopic (exact) mass is 291 g/mol. The second-order valence-electron chi connectivity index (χ2n) is 2.55. The molecule has 0 aromatic heterocycles. The van der Waals surface area contributed by atoms with Crippen LogP contribution in [0.2, 0.25) is 0 Å². The van der Waals surface area contributed by atoms with Crippen LogP contribution in [0.1, 0.15) is 0 Å². The molecule has 0 saturated carbocycles.